The number of carbonyl (C=O) groups is 2. The van der Waals surface area contributed by atoms with Gasteiger partial charge in [0.25, 0.3) is 0 Å². The Morgan fingerprint density at radius 3 is 2.35 bits per heavy atom. The Bertz CT molecular complexity index is 700. The molecule has 0 amide bonds. The highest BCUT2D eigenvalue weighted by Gasteiger charge is 2.27. The molecule has 0 aromatic heterocycles. The number of aromatic hydroxyl groups is 1. The SMILES string of the molecule is CCC(C)(C)C(=O)OCC(O)COC(=O)/C(C#N)=C/c1ccc(O)cc1. The number of phenols is 1. The maximum atomic E-state index is 11.9. The number of phenolic OH excluding ortho intramolecular Hbond substituents is 1. The quantitative estimate of drug-likeness (QED) is 0.414. The molecule has 1 aromatic carbocycles. The van der Waals surface area contributed by atoms with Crippen molar-refractivity contribution in [1.29, 1.82) is 5.26 Å². The van der Waals surface area contributed by atoms with Crippen molar-refractivity contribution in [2.24, 2.45) is 5.41 Å². The van der Waals surface area contributed by atoms with Gasteiger partial charge in [0.2, 0.25) is 0 Å². The molecule has 0 saturated carbocycles. The number of esters is 2. The zero-order chi connectivity index (χ0) is 19.7. The molecule has 0 aliphatic rings. The average Bonchev–Trinajstić information content (AvgIpc) is 2.63. The molecular formula is C19H23NO6. The molecule has 1 rings (SSSR count). The van der Waals surface area contributed by atoms with Gasteiger partial charge in [-0.25, -0.2) is 4.79 Å². The smallest absolute Gasteiger partial charge is 0.348 e. The summed E-state index contributed by atoms with van der Waals surface area (Å²) in [5.74, 6) is -1.29. The molecule has 7 nitrogen and oxygen atoms in total. The second-order valence-electron chi connectivity index (χ2n) is 6.35. The zero-order valence-electron chi connectivity index (χ0n) is 15.1. The van der Waals surface area contributed by atoms with Gasteiger partial charge in [-0.15, -0.1) is 0 Å². The third-order valence-electron chi connectivity index (χ3n) is 3.79. The molecule has 0 saturated heterocycles. The zero-order valence-corrected chi connectivity index (χ0v) is 15.1. The van der Waals surface area contributed by atoms with E-state index in [4.69, 9.17) is 14.7 Å². The largest absolute Gasteiger partial charge is 0.508 e. The van der Waals surface area contributed by atoms with E-state index in [0.29, 0.717) is 12.0 Å². The number of hydrogen-bond acceptors (Lipinski definition) is 7. The van der Waals surface area contributed by atoms with Crippen LogP contribution >= 0.6 is 0 Å². The van der Waals surface area contributed by atoms with Gasteiger partial charge in [0.15, 0.2) is 0 Å². The summed E-state index contributed by atoms with van der Waals surface area (Å²) in [6.07, 6.45) is 0.701. The number of benzene rings is 1. The Morgan fingerprint density at radius 2 is 1.81 bits per heavy atom. The molecule has 7 heteroatoms. The number of aliphatic hydroxyl groups is 1. The first-order valence-electron chi connectivity index (χ1n) is 8.13. The minimum Gasteiger partial charge on any atom is -0.508 e. The Kier molecular flexibility index (Phi) is 7.81. The van der Waals surface area contributed by atoms with Crippen molar-refractivity contribution in [3.8, 4) is 11.8 Å². The number of rotatable bonds is 8. The van der Waals surface area contributed by atoms with Crippen LogP contribution in [-0.4, -0.2) is 41.5 Å². The van der Waals surface area contributed by atoms with Crippen molar-refractivity contribution in [1.82, 2.24) is 0 Å². The van der Waals surface area contributed by atoms with Gasteiger partial charge >= 0.3 is 11.9 Å². The summed E-state index contributed by atoms with van der Waals surface area (Å²) >= 11 is 0. The number of carbonyl (C=O) groups excluding carboxylic acids is 2. The topological polar surface area (TPSA) is 117 Å². The molecule has 0 bridgehead atoms. The summed E-state index contributed by atoms with van der Waals surface area (Å²) in [4.78, 5) is 23.7. The fourth-order valence-electron chi connectivity index (χ4n) is 1.68. The number of aliphatic hydroxyl groups excluding tert-OH is 1. The fourth-order valence-corrected chi connectivity index (χ4v) is 1.68. The molecule has 0 fully saturated rings. The van der Waals surface area contributed by atoms with Crippen molar-refractivity contribution in [3.05, 3.63) is 35.4 Å². The predicted octanol–water partition coefficient (Wildman–Crippen LogP) is 2.18. The van der Waals surface area contributed by atoms with Crippen LogP contribution in [0.5, 0.6) is 5.75 Å². The number of nitrogens with zero attached hydrogens (tertiary/aromatic N) is 1. The van der Waals surface area contributed by atoms with Crippen molar-refractivity contribution in [3.63, 3.8) is 0 Å². The van der Waals surface area contributed by atoms with Gasteiger partial charge in [-0.05, 0) is 44.0 Å². The lowest BCUT2D eigenvalue weighted by Gasteiger charge is -2.21. The molecule has 1 unspecified atom stereocenters. The van der Waals surface area contributed by atoms with E-state index in [1.807, 2.05) is 6.92 Å². The van der Waals surface area contributed by atoms with Crippen LogP contribution < -0.4 is 0 Å². The second kappa shape index (κ2) is 9.59. The highest BCUT2D eigenvalue weighted by molar-refractivity contribution is 5.97. The van der Waals surface area contributed by atoms with Gasteiger partial charge < -0.3 is 19.7 Å². The highest BCUT2D eigenvalue weighted by atomic mass is 16.6. The van der Waals surface area contributed by atoms with Crippen molar-refractivity contribution < 1.29 is 29.3 Å². The van der Waals surface area contributed by atoms with E-state index in [1.54, 1.807) is 19.9 Å². The number of hydrogen-bond donors (Lipinski definition) is 2. The van der Waals surface area contributed by atoms with Gasteiger partial charge in [0.05, 0.1) is 5.41 Å². The van der Waals surface area contributed by atoms with Gasteiger partial charge in [0, 0.05) is 0 Å². The fraction of sp³-hybridized carbons (Fsp3) is 0.421. The maximum Gasteiger partial charge on any atom is 0.348 e. The Hall–Kier alpha value is -2.85. The lowest BCUT2D eigenvalue weighted by Crippen LogP contribution is -2.31. The van der Waals surface area contributed by atoms with Gasteiger partial charge in [-0.3, -0.25) is 4.79 Å². The lowest BCUT2D eigenvalue weighted by molar-refractivity contribution is -0.159. The highest BCUT2D eigenvalue weighted by Crippen LogP contribution is 2.21. The van der Waals surface area contributed by atoms with Crippen LogP contribution in [0, 0.1) is 16.7 Å². The summed E-state index contributed by atoms with van der Waals surface area (Å²) in [7, 11) is 0. The molecule has 0 aliphatic heterocycles. The van der Waals surface area contributed by atoms with Crippen LogP contribution in [0.2, 0.25) is 0 Å². The minimum absolute atomic E-state index is 0.0622. The average molecular weight is 361 g/mol. The van der Waals surface area contributed by atoms with Crippen molar-refractivity contribution in [2.75, 3.05) is 13.2 Å². The van der Waals surface area contributed by atoms with Crippen LogP contribution in [0.15, 0.2) is 29.8 Å². The standard InChI is InChI=1S/C19H23NO6/c1-4-19(2,3)18(24)26-12-16(22)11-25-17(23)14(10-20)9-13-5-7-15(21)8-6-13/h5-9,16,21-22H,4,11-12H2,1-3H3/b14-9+. The van der Waals surface area contributed by atoms with Gasteiger partial charge in [0.1, 0.15) is 36.7 Å². The third-order valence-corrected chi connectivity index (χ3v) is 3.79. The summed E-state index contributed by atoms with van der Waals surface area (Å²) in [5, 5.41) is 28.1. The molecule has 2 N–H and O–H groups in total. The van der Waals surface area contributed by atoms with E-state index in [2.05, 4.69) is 0 Å². The van der Waals surface area contributed by atoms with Crippen LogP contribution in [0.3, 0.4) is 0 Å². The monoisotopic (exact) mass is 361 g/mol. The Balaban J connectivity index is 2.54. The lowest BCUT2D eigenvalue weighted by atomic mass is 9.91. The molecule has 1 atom stereocenters. The maximum absolute atomic E-state index is 11.9. The molecule has 0 radical (unpaired) electrons. The third kappa shape index (κ3) is 6.57. The second-order valence-corrected chi connectivity index (χ2v) is 6.35. The van der Waals surface area contributed by atoms with Crippen molar-refractivity contribution >= 4 is 18.0 Å². The first-order chi connectivity index (χ1) is 12.2. The first kappa shape index (κ1) is 21.2. The van der Waals surface area contributed by atoms with Gasteiger partial charge in [-0.1, -0.05) is 19.1 Å². The number of nitriles is 1. The first-order valence-corrected chi connectivity index (χ1v) is 8.13. The van der Waals surface area contributed by atoms with E-state index in [0.717, 1.165) is 0 Å². The molecule has 26 heavy (non-hydrogen) atoms. The molecule has 0 spiro atoms. The predicted molar refractivity (Wildman–Crippen MR) is 93.7 cm³/mol. The van der Waals surface area contributed by atoms with Crippen LogP contribution in [-0.2, 0) is 19.1 Å². The van der Waals surface area contributed by atoms with E-state index in [-0.39, 0.29) is 17.9 Å². The summed E-state index contributed by atoms with van der Waals surface area (Å²) in [6, 6.07) is 7.62. The van der Waals surface area contributed by atoms with E-state index >= 15 is 0 Å². The molecule has 1 aromatic rings. The molecular weight excluding hydrogens is 338 g/mol. The van der Waals surface area contributed by atoms with E-state index in [1.165, 1.54) is 30.3 Å². The Labute approximate surface area is 152 Å². The van der Waals surface area contributed by atoms with E-state index in [9.17, 15) is 19.8 Å². The summed E-state index contributed by atoms with van der Waals surface area (Å²) in [5.41, 5.74) is -0.378. The molecule has 0 heterocycles. The molecule has 140 valence electrons. The number of ether oxygens (including phenoxy) is 2. The Morgan fingerprint density at radius 1 is 1.23 bits per heavy atom. The van der Waals surface area contributed by atoms with Crippen LogP contribution in [0.25, 0.3) is 6.08 Å². The molecule has 0 aliphatic carbocycles. The van der Waals surface area contributed by atoms with Crippen LogP contribution in [0.4, 0.5) is 0 Å². The van der Waals surface area contributed by atoms with Gasteiger partial charge in [-0.2, -0.15) is 5.26 Å². The van der Waals surface area contributed by atoms with Crippen molar-refractivity contribution in [2.45, 2.75) is 33.3 Å². The summed E-state index contributed by atoms with van der Waals surface area (Å²) < 4.78 is 9.88. The normalized spacial score (nSPS) is 12.8. The minimum atomic E-state index is -1.19. The van der Waals surface area contributed by atoms with E-state index < -0.39 is 30.1 Å². The van der Waals surface area contributed by atoms with Crippen LogP contribution in [0.1, 0.15) is 32.8 Å². The summed E-state index contributed by atoms with van der Waals surface area (Å²) in [6.45, 7) is 4.60.